The Morgan fingerprint density at radius 2 is 1.61 bits per heavy atom. The summed E-state index contributed by atoms with van der Waals surface area (Å²) >= 11 is 0. The first-order valence-corrected chi connectivity index (χ1v) is 8.26. The summed E-state index contributed by atoms with van der Waals surface area (Å²) in [6, 6.07) is 10.8. The van der Waals surface area contributed by atoms with Gasteiger partial charge in [-0.1, -0.05) is 18.2 Å². The van der Waals surface area contributed by atoms with Crippen molar-refractivity contribution < 1.29 is 32.2 Å². The van der Waals surface area contributed by atoms with Crippen LogP contribution < -0.4 is 10.6 Å². The number of halogens is 3. The van der Waals surface area contributed by atoms with Crippen molar-refractivity contribution in [2.45, 2.75) is 12.6 Å². The number of alkyl halides is 3. The molecular formula is C19H19F3N2O4. The molecule has 2 aromatic carbocycles. The van der Waals surface area contributed by atoms with Gasteiger partial charge in [-0.25, -0.2) is 4.79 Å². The molecule has 0 radical (unpaired) electrons. The third-order valence-electron chi connectivity index (χ3n) is 3.56. The van der Waals surface area contributed by atoms with Crippen molar-refractivity contribution >= 4 is 23.4 Å². The number of rotatable bonds is 7. The molecule has 0 aromatic heterocycles. The standard InChI is InChI=1S/C19H19F3N2O4/c1-27-9-10-28-18(26)24-16-4-2-3-15(12-16)23-17(25)11-13-5-7-14(8-6-13)19(20,21)22/h2-8,12H,9-11H2,1H3,(H,23,25)(H,24,26). The van der Waals surface area contributed by atoms with Crippen LogP contribution in [0.15, 0.2) is 48.5 Å². The van der Waals surface area contributed by atoms with Crippen LogP contribution in [0.3, 0.4) is 0 Å². The van der Waals surface area contributed by atoms with Crippen molar-refractivity contribution in [3.05, 3.63) is 59.7 Å². The second-order valence-corrected chi connectivity index (χ2v) is 5.75. The Balaban J connectivity index is 1.90. The third-order valence-corrected chi connectivity index (χ3v) is 3.56. The number of ether oxygens (including phenoxy) is 2. The van der Waals surface area contributed by atoms with Crippen LogP contribution in [0.4, 0.5) is 29.3 Å². The Bertz CT molecular complexity index is 808. The van der Waals surface area contributed by atoms with E-state index < -0.39 is 23.7 Å². The molecular weight excluding hydrogens is 377 g/mol. The summed E-state index contributed by atoms with van der Waals surface area (Å²) in [6.45, 7) is 0.374. The SMILES string of the molecule is COCCOC(=O)Nc1cccc(NC(=O)Cc2ccc(C(F)(F)F)cc2)c1. The number of methoxy groups -OCH3 is 1. The zero-order valence-electron chi connectivity index (χ0n) is 15.0. The van der Waals surface area contributed by atoms with E-state index >= 15 is 0 Å². The lowest BCUT2D eigenvalue weighted by Gasteiger charge is -2.10. The van der Waals surface area contributed by atoms with Crippen LogP contribution in [0.1, 0.15) is 11.1 Å². The van der Waals surface area contributed by atoms with Crippen LogP contribution >= 0.6 is 0 Å². The number of carbonyl (C=O) groups is 2. The molecule has 9 heteroatoms. The molecule has 2 amide bonds. The van der Waals surface area contributed by atoms with Gasteiger partial charge in [0, 0.05) is 18.5 Å². The molecule has 2 aromatic rings. The lowest BCUT2D eigenvalue weighted by atomic mass is 10.1. The fraction of sp³-hybridized carbons (Fsp3) is 0.263. The van der Waals surface area contributed by atoms with Gasteiger partial charge in [0.1, 0.15) is 6.61 Å². The fourth-order valence-corrected chi connectivity index (χ4v) is 2.25. The van der Waals surface area contributed by atoms with E-state index in [2.05, 4.69) is 10.6 Å². The molecule has 0 bridgehead atoms. The Hall–Kier alpha value is -3.07. The fourth-order valence-electron chi connectivity index (χ4n) is 2.25. The number of hydrogen-bond acceptors (Lipinski definition) is 4. The van der Waals surface area contributed by atoms with Gasteiger partial charge in [-0.3, -0.25) is 10.1 Å². The summed E-state index contributed by atoms with van der Waals surface area (Å²) < 4.78 is 47.3. The molecule has 0 atom stereocenters. The van der Waals surface area contributed by atoms with E-state index in [1.165, 1.54) is 25.3 Å². The van der Waals surface area contributed by atoms with Crippen LogP contribution in [0.2, 0.25) is 0 Å². The number of hydrogen-bond donors (Lipinski definition) is 2. The highest BCUT2D eigenvalue weighted by Gasteiger charge is 2.29. The summed E-state index contributed by atoms with van der Waals surface area (Å²) in [7, 11) is 1.48. The molecule has 0 saturated carbocycles. The smallest absolute Gasteiger partial charge is 0.416 e. The lowest BCUT2D eigenvalue weighted by Crippen LogP contribution is -2.17. The minimum atomic E-state index is -4.42. The Morgan fingerprint density at radius 3 is 2.21 bits per heavy atom. The molecule has 0 saturated heterocycles. The molecule has 6 nitrogen and oxygen atoms in total. The minimum Gasteiger partial charge on any atom is -0.447 e. The van der Waals surface area contributed by atoms with Gasteiger partial charge in [0.2, 0.25) is 5.91 Å². The molecule has 0 aliphatic carbocycles. The van der Waals surface area contributed by atoms with Gasteiger partial charge in [0.25, 0.3) is 0 Å². The highest BCUT2D eigenvalue weighted by Crippen LogP contribution is 2.29. The topological polar surface area (TPSA) is 76.7 Å². The van der Waals surface area contributed by atoms with Crippen molar-refractivity contribution in [1.29, 1.82) is 0 Å². The van der Waals surface area contributed by atoms with E-state index in [1.54, 1.807) is 18.2 Å². The molecule has 0 heterocycles. The molecule has 0 spiro atoms. The van der Waals surface area contributed by atoms with Crippen LogP contribution in [-0.4, -0.2) is 32.3 Å². The molecule has 150 valence electrons. The first-order chi connectivity index (χ1) is 13.3. The van der Waals surface area contributed by atoms with E-state index in [9.17, 15) is 22.8 Å². The van der Waals surface area contributed by atoms with Crippen molar-refractivity contribution in [2.24, 2.45) is 0 Å². The van der Waals surface area contributed by atoms with Crippen molar-refractivity contribution in [1.82, 2.24) is 0 Å². The second kappa shape index (κ2) is 9.75. The van der Waals surface area contributed by atoms with Gasteiger partial charge in [-0.2, -0.15) is 13.2 Å². The first kappa shape index (κ1) is 21.2. The van der Waals surface area contributed by atoms with E-state index in [-0.39, 0.29) is 19.6 Å². The van der Waals surface area contributed by atoms with Crippen LogP contribution in [0.25, 0.3) is 0 Å². The number of amides is 2. The van der Waals surface area contributed by atoms with Gasteiger partial charge < -0.3 is 14.8 Å². The van der Waals surface area contributed by atoms with E-state index in [0.29, 0.717) is 16.9 Å². The number of nitrogens with one attached hydrogen (secondary N) is 2. The van der Waals surface area contributed by atoms with Crippen LogP contribution in [-0.2, 0) is 26.9 Å². The van der Waals surface area contributed by atoms with Crippen molar-refractivity contribution in [2.75, 3.05) is 31.0 Å². The quantitative estimate of drug-likeness (QED) is 0.692. The highest BCUT2D eigenvalue weighted by molar-refractivity contribution is 5.93. The summed E-state index contributed by atoms with van der Waals surface area (Å²) in [5, 5.41) is 5.14. The summed E-state index contributed by atoms with van der Waals surface area (Å²) in [4.78, 5) is 23.7. The maximum atomic E-state index is 12.6. The molecule has 0 aliphatic rings. The Kier molecular flexibility index (Phi) is 7.39. The van der Waals surface area contributed by atoms with E-state index in [0.717, 1.165) is 12.1 Å². The van der Waals surface area contributed by atoms with Crippen molar-refractivity contribution in [3.8, 4) is 0 Å². The van der Waals surface area contributed by atoms with Gasteiger partial charge in [0.05, 0.1) is 18.6 Å². The maximum absolute atomic E-state index is 12.6. The monoisotopic (exact) mass is 396 g/mol. The van der Waals surface area contributed by atoms with Gasteiger partial charge >= 0.3 is 12.3 Å². The maximum Gasteiger partial charge on any atom is 0.416 e. The molecule has 0 aliphatic heterocycles. The zero-order valence-corrected chi connectivity index (χ0v) is 15.0. The number of carbonyl (C=O) groups excluding carboxylic acids is 2. The second-order valence-electron chi connectivity index (χ2n) is 5.75. The van der Waals surface area contributed by atoms with E-state index in [1.807, 2.05) is 0 Å². The van der Waals surface area contributed by atoms with Gasteiger partial charge in [0.15, 0.2) is 0 Å². The first-order valence-electron chi connectivity index (χ1n) is 8.26. The summed E-state index contributed by atoms with van der Waals surface area (Å²) in [6.07, 6.45) is -5.17. The predicted octanol–water partition coefficient (Wildman–Crippen LogP) is 4.08. The minimum absolute atomic E-state index is 0.0884. The Morgan fingerprint density at radius 1 is 0.964 bits per heavy atom. The summed E-state index contributed by atoms with van der Waals surface area (Å²) in [5.74, 6) is -0.403. The predicted molar refractivity (Wildman–Crippen MR) is 97.1 cm³/mol. The van der Waals surface area contributed by atoms with E-state index in [4.69, 9.17) is 9.47 Å². The molecule has 2 rings (SSSR count). The third kappa shape index (κ3) is 6.92. The molecule has 2 N–H and O–H groups in total. The summed E-state index contributed by atoms with van der Waals surface area (Å²) in [5.41, 5.74) is 0.510. The Labute approximate surface area is 159 Å². The normalized spacial score (nSPS) is 11.0. The number of benzene rings is 2. The van der Waals surface area contributed by atoms with Gasteiger partial charge in [-0.15, -0.1) is 0 Å². The van der Waals surface area contributed by atoms with Crippen molar-refractivity contribution in [3.63, 3.8) is 0 Å². The molecule has 0 unspecified atom stereocenters. The highest BCUT2D eigenvalue weighted by atomic mass is 19.4. The average Bonchev–Trinajstić information content (AvgIpc) is 2.62. The molecule has 0 fully saturated rings. The average molecular weight is 396 g/mol. The van der Waals surface area contributed by atoms with Crippen LogP contribution in [0, 0.1) is 0 Å². The number of anilines is 2. The zero-order chi connectivity index (χ0) is 20.6. The largest absolute Gasteiger partial charge is 0.447 e. The van der Waals surface area contributed by atoms with Gasteiger partial charge in [-0.05, 0) is 35.9 Å². The molecule has 28 heavy (non-hydrogen) atoms. The van der Waals surface area contributed by atoms with Crippen LogP contribution in [0.5, 0.6) is 0 Å². The lowest BCUT2D eigenvalue weighted by molar-refractivity contribution is -0.137.